The SMILES string of the molecule is CC(=O)C1=C(C)OC(=O)C[C@@H]1c1cccc([N+](=O)[O-])c1. The lowest BCUT2D eigenvalue weighted by atomic mass is 9.84. The zero-order valence-corrected chi connectivity index (χ0v) is 11.1. The molecule has 0 amide bonds. The van der Waals surface area contributed by atoms with E-state index in [4.69, 9.17) is 4.74 Å². The molecule has 0 bridgehead atoms. The summed E-state index contributed by atoms with van der Waals surface area (Å²) in [4.78, 5) is 33.6. The minimum Gasteiger partial charge on any atom is -0.431 e. The van der Waals surface area contributed by atoms with Gasteiger partial charge in [0.05, 0.1) is 11.3 Å². The number of carbonyl (C=O) groups is 2. The number of rotatable bonds is 3. The predicted octanol–water partition coefficient (Wildman–Crippen LogP) is 2.49. The van der Waals surface area contributed by atoms with Gasteiger partial charge >= 0.3 is 5.97 Å². The first-order valence-electron chi connectivity index (χ1n) is 6.07. The van der Waals surface area contributed by atoms with Gasteiger partial charge in [0, 0.05) is 23.6 Å². The second-order valence-corrected chi connectivity index (χ2v) is 4.61. The Labute approximate surface area is 115 Å². The Balaban J connectivity index is 2.51. The number of cyclic esters (lactones) is 1. The number of carbonyl (C=O) groups excluding carboxylic acids is 2. The number of non-ortho nitro benzene ring substituents is 1. The average Bonchev–Trinajstić information content (AvgIpc) is 2.37. The maximum absolute atomic E-state index is 11.7. The highest BCUT2D eigenvalue weighted by Gasteiger charge is 2.32. The van der Waals surface area contributed by atoms with Crippen LogP contribution >= 0.6 is 0 Å². The highest BCUT2D eigenvalue weighted by atomic mass is 16.6. The molecule has 1 aromatic carbocycles. The van der Waals surface area contributed by atoms with E-state index in [9.17, 15) is 19.7 Å². The van der Waals surface area contributed by atoms with E-state index in [1.54, 1.807) is 19.1 Å². The Morgan fingerprint density at radius 2 is 2.15 bits per heavy atom. The molecule has 0 spiro atoms. The van der Waals surface area contributed by atoms with E-state index < -0.39 is 16.8 Å². The molecule has 0 fully saturated rings. The van der Waals surface area contributed by atoms with Crippen LogP contribution in [-0.4, -0.2) is 16.7 Å². The molecular formula is C14H13NO5. The first kappa shape index (κ1) is 13.9. The third-order valence-corrected chi connectivity index (χ3v) is 3.23. The molecular weight excluding hydrogens is 262 g/mol. The van der Waals surface area contributed by atoms with Gasteiger partial charge in [-0.25, -0.2) is 0 Å². The first-order chi connectivity index (χ1) is 9.40. The van der Waals surface area contributed by atoms with Crippen molar-refractivity contribution in [3.8, 4) is 0 Å². The van der Waals surface area contributed by atoms with Crippen LogP contribution in [0.2, 0.25) is 0 Å². The molecule has 1 heterocycles. The van der Waals surface area contributed by atoms with Gasteiger partial charge in [0.2, 0.25) is 0 Å². The summed E-state index contributed by atoms with van der Waals surface area (Å²) >= 11 is 0. The van der Waals surface area contributed by atoms with E-state index >= 15 is 0 Å². The predicted molar refractivity (Wildman–Crippen MR) is 69.9 cm³/mol. The maximum atomic E-state index is 11.7. The van der Waals surface area contributed by atoms with Crippen LogP contribution < -0.4 is 0 Å². The van der Waals surface area contributed by atoms with Gasteiger partial charge in [-0.3, -0.25) is 19.7 Å². The lowest BCUT2D eigenvalue weighted by molar-refractivity contribution is -0.384. The lowest BCUT2D eigenvalue weighted by Gasteiger charge is -2.25. The molecule has 1 aromatic rings. The van der Waals surface area contributed by atoms with E-state index in [0.717, 1.165) is 0 Å². The number of ether oxygens (including phenoxy) is 1. The molecule has 20 heavy (non-hydrogen) atoms. The summed E-state index contributed by atoms with van der Waals surface area (Å²) in [5.41, 5.74) is 0.896. The number of nitrogens with zero attached hydrogens (tertiary/aromatic N) is 1. The number of benzene rings is 1. The van der Waals surface area contributed by atoms with E-state index in [2.05, 4.69) is 0 Å². The summed E-state index contributed by atoms with van der Waals surface area (Å²) < 4.78 is 4.98. The normalized spacial score (nSPS) is 18.7. The number of hydrogen-bond acceptors (Lipinski definition) is 5. The third kappa shape index (κ3) is 2.59. The largest absolute Gasteiger partial charge is 0.431 e. The topological polar surface area (TPSA) is 86.5 Å². The molecule has 6 nitrogen and oxygen atoms in total. The second kappa shape index (κ2) is 5.24. The van der Waals surface area contributed by atoms with Crippen molar-refractivity contribution in [2.75, 3.05) is 0 Å². The van der Waals surface area contributed by atoms with Gasteiger partial charge in [0.1, 0.15) is 5.76 Å². The number of allylic oxidation sites excluding steroid dienone is 2. The van der Waals surface area contributed by atoms with E-state index in [-0.39, 0.29) is 23.7 Å². The summed E-state index contributed by atoms with van der Waals surface area (Å²) in [6.07, 6.45) is 0.00736. The van der Waals surface area contributed by atoms with Crippen LogP contribution in [0.1, 0.15) is 31.7 Å². The van der Waals surface area contributed by atoms with Gasteiger partial charge in [-0.1, -0.05) is 12.1 Å². The van der Waals surface area contributed by atoms with Crippen molar-refractivity contribution in [2.45, 2.75) is 26.2 Å². The molecule has 1 aliphatic rings. The van der Waals surface area contributed by atoms with Gasteiger partial charge in [-0.05, 0) is 19.4 Å². The number of nitro benzene ring substituents is 1. The Bertz CT molecular complexity index is 632. The van der Waals surface area contributed by atoms with Crippen molar-refractivity contribution >= 4 is 17.4 Å². The quantitative estimate of drug-likeness (QED) is 0.480. The van der Waals surface area contributed by atoms with E-state index in [1.165, 1.54) is 19.1 Å². The van der Waals surface area contributed by atoms with Crippen molar-refractivity contribution in [2.24, 2.45) is 0 Å². The molecule has 1 aliphatic heterocycles. The lowest BCUT2D eigenvalue weighted by Crippen LogP contribution is -2.23. The van der Waals surface area contributed by atoms with Gasteiger partial charge in [0.25, 0.3) is 5.69 Å². The maximum Gasteiger partial charge on any atom is 0.311 e. The fourth-order valence-electron chi connectivity index (χ4n) is 2.41. The molecule has 0 saturated heterocycles. The fraction of sp³-hybridized carbons (Fsp3) is 0.286. The monoisotopic (exact) mass is 275 g/mol. The highest BCUT2D eigenvalue weighted by molar-refractivity contribution is 5.97. The van der Waals surface area contributed by atoms with Crippen LogP contribution in [0, 0.1) is 10.1 Å². The molecule has 6 heteroatoms. The van der Waals surface area contributed by atoms with Crippen LogP contribution in [0.4, 0.5) is 5.69 Å². The van der Waals surface area contributed by atoms with Crippen molar-refractivity contribution in [1.29, 1.82) is 0 Å². The Kier molecular flexibility index (Phi) is 3.65. The fourth-order valence-corrected chi connectivity index (χ4v) is 2.41. The van der Waals surface area contributed by atoms with Crippen LogP contribution in [0.3, 0.4) is 0 Å². The first-order valence-corrected chi connectivity index (χ1v) is 6.07. The summed E-state index contributed by atoms with van der Waals surface area (Å²) in [5.74, 6) is -0.866. The molecule has 0 N–H and O–H groups in total. The molecule has 0 aromatic heterocycles. The Morgan fingerprint density at radius 3 is 2.75 bits per heavy atom. The van der Waals surface area contributed by atoms with Crippen LogP contribution in [0.25, 0.3) is 0 Å². The standard InChI is InChI=1S/C14H13NO5/c1-8(16)14-9(2)20-13(17)7-12(14)10-4-3-5-11(6-10)15(18)19/h3-6,12H,7H2,1-2H3/t12-/m1/s1. The van der Waals surface area contributed by atoms with Crippen LogP contribution in [0.15, 0.2) is 35.6 Å². The smallest absolute Gasteiger partial charge is 0.311 e. The molecule has 0 saturated carbocycles. The Hall–Kier alpha value is -2.50. The Morgan fingerprint density at radius 1 is 1.45 bits per heavy atom. The van der Waals surface area contributed by atoms with Crippen molar-refractivity contribution in [1.82, 2.24) is 0 Å². The molecule has 0 aliphatic carbocycles. The molecule has 0 unspecified atom stereocenters. The zero-order chi connectivity index (χ0) is 14.9. The van der Waals surface area contributed by atoms with E-state index in [1.807, 2.05) is 0 Å². The third-order valence-electron chi connectivity index (χ3n) is 3.23. The van der Waals surface area contributed by atoms with Crippen molar-refractivity contribution in [3.05, 3.63) is 51.3 Å². The average molecular weight is 275 g/mol. The second-order valence-electron chi connectivity index (χ2n) is 4.61. The molecule has 1 atom stereocenters. The van der Waals surface area contributed by atoms with Crippen molar-refractivity contribution in [3.63, 3.8) is 0 Å². The number of hydrogen-bond donors (Lipinski definition) is 0. The van der Waals surface area contributed by atoms with Crippen LogP contribution in [0.5, 0.6) is 0 Å². The van der Waals surface area contributed by atoms with Gasteiger partial charge in [-0.15, -0.1) is 0 Å². The number of ketones is 1. The summed E-state index contributed by atoms with van der Waals surface area (Å²) in [7, 11) is 0. The molecule has 2 rings (SSSR count). The van der Waals surface area contributed by atoms with Crippen molar-refractivity contribution < 1.29 is 19.2 Å². The van der Waals surface area contributed by atoms with E-state index in [0.29, 0.717) is 11.1 Å². The minimum atomic E-state index is -0.505. The summed E-state index contributed by atoms with van der Waals surface area (Å²) in [5, 5.41) is 10.8. The zero-order valence-electron chi connectivity index (χ0n) is 11.1. The number of Topliss-reactive ketones (excluding diaryl/α,β-unsaturated/α-hetero) is 1. The molecule has 0 radical (unpaired) electrons. The van der Waals surface area contributed by atoms with Gasteiger partial charge < -0.3 is 4.74 Å². The molecule has 104 valence electrons. The minimum absolute atomic E-state index is 0.00736. The van der Waals surface area contributed by atoms with Gasteiger partial charge in [0.15, 0.2) is 5.78 Å². The summed E-state index contributed by atoms with van der Waals surface area (Å²) in [6, 6.07) is 5.97. The number of esters is 1. The number of nitro groups is 1. The highest BCUT2D eigenvalue weighted by Crippen LogP contribution is 2.36. The van der Waals surface area contributed by atoms with Gasteiger partial charge in [-0.2, -0.15) is 0 Å². The summed E-state index contributed by atoms with van der Waals surface area (Å²) in [6.45, 7) is 2.94. The van der Waals surface area contributed by atoms with Crippen LogP contribution in [-0.2, 0) is 14.3 Å².